The summed E-state index contributed by atoms with van der Waals surface area (Å²) in [5.74, 6) is 0.537. The molecule has 0 unspecified atom stereocenters. The summed E-state index contributed by atoms with van der Waals surface area (Å²) in [6.45, 7) is 0.825. The van der Waals surface area contributed by atoms with Crippen LogP contribution in [0.3, 0.4) is 0 Å². The molecule has 5 heteroatoms. The van der Waals surface area contributed by atoms with Crippen molar-refractivity contribution in [2.45, 2.75) is 25.2 Å². The Bertz CT molecular complexity index is 487. The van der Waals surface area contributed by atoms with Crippen LogP contribution in [0.5, 0.6) is 5.75 Å². The number of methoxy groups -OCH3 is 1. The van der Waals surface area contributed by atoms with Crippen molar-refractivity contribution in [2.75, 3.05) is 20.3 Å². The molecule has 2 rings (SSSR count). The molecule has 1 aromatic carbocycles. The van der Waals surface area contributed by atoms with Crippen LogP contribution in [0.25, 0.3) is 0 Å². The van der Waals surface area contributed by atoms with E-state index in [0.29, 0.717) is 30.8 Å². The number of hydrogen-bond acceptors (Lipinski definition) is 4. The maximum Gasteiger partial charge on any atom is 0.136 e. The average molecular weight is 264 g/mol. The number of alkyl halides is 1. The van der Waals surface area contributed by atoms with Crippen LogP contribution in [-0.2, 0) is 6.54 Å². The summed E-state index contributed by atoms with van der Waals surface area (Å²) in [5.41, 5.74) is 1.39. The second-order valence-corrected chi connectivity index (χ2v) is 4.75. The Morgan fingerprint density at radius 1 is 1.58 bits per heavy atom. The molecule has 1 aliphatic rings. The normalized spacial score (nSPS) is 23.3. The zero-order valence-electron chi connectivity index (χ0n) is 10.8. The monoisotopic (exact) mass is 264 g/mol. The molecule has 0 aromatic heterocycles. The van der Waals surface area contributed by atoms with E-state index < -0.39 is 6.17 Å². The van der Waals surface area contributed by atoms with Crippen molar-refractivity contribution >= 4 is 0 Å². The Morgan fingerprint density at radius 3 is 3.00 bits per heavy atom. The Hall–Kier alpha value is -1.64. The largest absolute Gasteiger partial charge is 0.495 e. The van der Waals surface area contributed by atoms with Gasteiger partial charge in [-0.25, -0.2) is 4.39 Å². The lowest BCUT2D eigenvalue weighted by Gasteiger charge is -2.22. The van der Waals surface area contributed by atoms with Crippen molar-refractivity contribution in [1.29, 1.82) is 5.26 Å². The van der Waals surface area contributed by atoms with Gasteiger partial charge in [-0.05, 0) is 24.1 Å². The molecule has 2 atom stereocenters. The molecule has 1 fully saturated rings. The predicted octanol–water partition coefficient (Wildman–Crippen LogP) is 1.47. The van der Waals surface area contributed by atoms with Crippen molar-refractivity contribution in [3.8, 4) is 11.8 Å². The Kier molecular flexibility index (Phi) is 4.35. The van der Waals surface area contributed by atoms with Crippen molar-refractivity contribution in [2.24, 2.45) is 0 Å². The number of aliphatic hydroxyl groups excluding tert-OH is 1. The lowest BCUT2D eigenvalue weighted by Crippen LogP contribution is -2.31. The first-order valence-electron chi connectivity index (χ1n) is 6.24. The summed E-state index contributed by atoms with van der Waals surface area (Å²) in [4.78, 5) is 1.91. The molecule has 1 aliphatic heterocycles. The summed E-state index contributed by atoms with van der Waals surface area (Å²) in [5, 5.41) is 18.3. The van der Waals surface area contributed by atoms with E-state index in [4.69, 9.17) is 10.00 Å². The minimum absolute atomic E-state index is 0.0400. The number of rotatable bonds is 4. The highest BCUT2D eigenvalue weighted by atomic mass is 19.1. The number of nitriles is 1. The molecule has 0 bridgehead atoms. The van der Waals surface area contributed by atoms with E-state index in [0.717, 1.165) is 5.56 Å². The zero-order chi connectivity index (χ0) is 13.8. The molecule has 1 aromatic rings. The van der Waals surface area contributed by atoms with E-state index in [1.54, 1.807) is 12.1 Å². The molecule has 4 nitrogen and oxygen atoms in total. The fourth-order valence-corrected chi connectivity index (χ4v) is 2.48. The van der Waals surface area contributed by atoms with E-state index in [1.807, 2.05) is 11.0 Å². The second-order valence-electron chi connectivity index (χ2n) is 4.75. The van der Waals surface area contributed by atoms with Crippen LogP contribution < -0.4 is 4.74 Å². The second kappa shape index (κ2) is 6.00. The summed E-state index contributed by atoms with van der Waals surface area (Å²) >= 11 is 0. The van der Waals surface area contributed by atoms with Gasteiger partial charge in [0, 0.05) is 19.1 Å². The number of halogens is 1. The Balaban J connectivity index is 2.13. The molecule has 102 valence electrons. The van der Waals surface area contributed by atoms with Gasteiger partial charge in [0.2, 0.25) is 0 Å². The standard InChI is InChI=1S/C14H17FN2O2/c1-19-14-3-2-10(4-11(14)6-16)7-17-8-12(15)5-13(17)9-18/h2-4,12-13,18H,5,7-9H2,1H3/t12-,13-/m0/s1. The molecule has 1 heterocycles. The first-order valence-corrected chi connectivity index (χ1v) is 6.24. The van der Waals surface area contributed by atoms with Crippen LogP contribution in [0.2, 0.25) is 0 Å². The smallest absolute Gasteiger partial charge is 0.136 e. The third-order valence-corrected chi connectivity index (χ3v) is 3.46. The van der Waals surface area contributed by atoms with Gasteiger partial charge >= 0.3 is 0 Å². The molecule has 1 N–H and O–H groups in total. The van der Waals surface area contributed by atoms with Gasteiger partial charge in [0.15, 0.2) is 0 Å². The minimum atomic E-state index is -0.883. The average Bonchev–Trinajstić information content (AvgIpc) is 2.78. The summed E-state index contributed by atoms with van der Waals surface area (Å²) < 4.78 is 18.4. The SMILES string of the molecule is COc1ccc(CN2C[C@@H](F)C[C@H]2CO)cc1C#N. The van der Waals surface area contributed by atoms with E-state index in [2.05, 4.69) is 6.07 Å². The molecular formula is C14H17FN2O2. The molecule has 0 aliphatic carbocycles. The molecule has 1 saturated heterocycles. The van der Waals surface area contributed by atoms with E-state index in [-0.39, 0.29) is 12.6 Å². The maximum atomic E-state index is 13.4. The Labute approximate surface area is 112 Å². The van der Waals surface area contributed by atoms with Gasteiger partial charge in [-0.3, -0.25) is 4.90 Å². The van der Waals surface area contributed by atoms with Crippen molar-refractivity contribution < 1.29 is 14.2 Å². The van der Waals surface area contributed by atoms with Gasteiger partial charge < -0.3 is 9.84 Å². The number of ether oxygens (including phenoxy) is 1. The van der Waals surface area contributed by atoms with Gasteiger partial charge in [-0.1, -0.05) is 6.07 Å². The summed E-state index contributed by atoms with van der Waals surface area (Å²) in [6.07, 6.45) is -0.511. The van der Waals surface area contributed by atoms with Crippen LogP contribution in [0, 0.1) is 11.3 Å². The first kappa shape index (κ1) is 13.8. The van der Waals surface area contributed by atoms with Gasteiger partial charge in [0.1, 0.15) is 18.0 Å². The molecule has 0 radical (unpaired) electrons. The Morgan fingerprint density at radius 2 is 2.37 bits per heavy atom. The number of likely N-dealkylation sites (tertiary alicyclic amines) is 1. The van der Waals surface area contributed by atoms with E-state index >= 15 is 0 Å². The molecule has 19 heavy (non-hydrogen) atoms. The molecule has 0 amide bonds. The lowest BCUT2D eigenvalue weighted by molar-refractivity contribution is 0.153. The number of benzene rings is 1. The summed E-state index contributed by atoms with van der Waals surface area (Å²) in [7, 11) is 1.52. The van der Waals surface area contributed by atoms with Crippen LogP contribution >= 0.6 is 0 Å². The fraction of sp³-hybridized carbons (Fsp3) is 0.500. The van der Waals surface area contributed by atoms with Gasteiger partial charge in [-0.2, -0.15) is 5.26 Å². The highest BCUT2D eigenvalue weighted by molar-refractivity contribution is 5.45. The first-order chi connectivity index (χ1) is 9.17. The fourth-order valence-electron chi connectivity index (χ4n) is 2.48. The topological polar surface area (TPSA) is 56.5 Å². The van der Waals surface area contributed by atoms with Crippen molar-refractivity contribution in [3.63, 3.8) is 0 Å². The van der Waals surface area contributed by atoms with Crippen molar-refractivity contribution in [3.05, 3.63) is 29.3 Å². The third kappa shape index (κ3) is 3.03. The van der Waals surface area contributed by atoms with Gasteiger partial charge in [0.05, 0.1) is 19.3 Å². The summed E-state index contributed by atoms with van der Waals surface area (Å²) in [6, 6.07) is 7.29. The van der Waals surface area contributed by atoms with Crippen molar-refractivity contribution in [1.82, 2.24) is 4.90 Å². The third-order valence-electron chi connectivity index (χ3n) is 3.46. The van der Waals surface area contributed by atoms with Crippen LogP contribution in [0.15, 0.2) is 18.2 Å². The zero-order valence-corrected chi connectivity index (χ0v) is 10.8. The quantitative estimate of drug-likeness (QED) is 0.894. The van der Waals surface area contributed by atoms with E-state index in [1.165, 1.54) is 7.11 Å². The maximum absolute atomic E-state index is 13.4. The molecule has 0 saturated carbocycles. The number of aliphatic hydroxyl groups is 1. The van der Waals surface area contributed by atoms with Crippen LogP contribution in [0.1, 0.15) is 17.5 Å². The molecule has 0 spiro atoms. The van der Waals surface area contributed by atoms with Gasteiger partial charge in [0.25, 0.3) is 0 Å². The predicted molar refractivity (Wildman–Crippen MR) is 68.5 cm³/mol. The highest BCUT2D eigenvalue weighted by Gasteiger charge is 2.31. The molecular weight excluding hydrogens is 247 g/mol. The number of hydrogen-bond donors (Lipinski definition) is 1. The van der Waals surface area contributed by atoms with Gasteiger partial charge in [-0.15, -0.1) is 0 Å². The highest BCUT2D eigenvalue weighted by Crippen LogP contribution is 2.24. The minimum Gasteiger partial charge on any atom is -0.495 e. The number of nitrogens with zero attached hydrogens (tertiary/aromatic N) is 2. The van der Waals surface area contributed by atoms with Crippen LogP contribution in [0.4, 0.5) is 4.39 Å². The van der Waals surface area contributed by atoms with Crippen LogP contribution in [-0.4, -0.2) is 42.5 Å². The lowest BCUT2D eigenvalue weighted by atomic mass is 10.1. The van der Waals surface area contributed by atoms with E-state index in [9.17, 15) is 9.50 Å².